The summed E-state index contributed by atoms with van der Waals surface area (Å²) in [5, 5.41) is 12.9. The lowest BCUT2D eigenvalue weighted by Gasteiger charge is -2.19. The topological polar surface area (TPSA) is 0 Å². The maximum Gasteiger partial charge on any atom is 0.0362 e. The highest BCUT2D eigenvalue weighted by Gasteiger charge is 2.19. The molecule has 0 atom stereocenters. The van der Waals surface area contributed by atoms with Gasteiger partial charge in [-0.25, -0.2) is 0 Å². The first-order valence-electron chi connectivity index (χ1n) is 14.1. The van der Waals surface area contributed by atoms with Crippen LogP contribution in [0.25, 0.3) is 85.5 Å². The van der Waals surface area contributed by atoms with Crippen molar-refractivity contribution in [1.82, 2.24) is 0 Å². The van der Waals surface area contributed by atoms with Crippen LogP contribution in [0, 0.1) is 0 Å². The molecule has 8 aromatic carbocycles. The Bertz CT molecular complexity index is 2480. The highest BCUT2D eigenvalue weighted by atomic mass is 32.1. The Labute approximate surface area is 241 Å². The second-order valence-electron chi connectivity index (χ2n) is 10.9. The van der Waals surface area contributed by atoms with Gasteiger partial charge in [0.25, 0.3) is 0 Å². The smallest absolute Gasteiger partial charge is 0.0362 e. The van der Waals surface area contributed by atoms with Crippen LogP contribution in [0.15, 0.2) is 146 Å². The molecule has 0 radical (unpaired) electrons. The molecule has 1 heterocycles. The molecule has 0 unspecified atom stereocenters. The number of hydrogen-bond donors (Lipinski definition) is 0. The molecule has 0 N–H and O–H groups in total. The number of hydrogen-bond acceptors (Lipinski definition) is 1. The van der Waals surface area contributed by atoms with Crippen molar-refractivity contribution in [2.45, 2.75) is 0 Å². The maximum absolute atomic E-state index is 2.46. The van der Waals surface area contributed by atoms with Crippen LogP contribution in [-0.2, 0) is 0 Å². The molecule has 0 saturated carbocycles. The van der Waals surface area contributed by atoms with Crippen LogP contribution in [-0.4, -0.2) is 0 Å². The summed E-state index contributed by atoms with van der Waals surface area (Å²) in [5.74, 6) is 0. The third-order valence-electron chi connectivity index (χ3n) is 8.60. The van der Waals surface area contributed by atoms with Crippen LogP contribution in [0.4, 0.5) is 0 Å². The normalized spacial score (nSPS) is 11.9. The molecular formula is C40H24S. The predicted octanol–water partition coefficient (Wildman–Crippen LogP) is 12.0. The van der Waals surface area contributed by atoms with Crippen molar-refractivity contribution in [3.63, 3.8) is 0 Å². The third kappa shape index (κ3) is 3.46. The zero-order valence-corrected chi connectivity index (χ0v) is 23.1. The van der Waals surface area contributed by atoms with E-state index in [0.717, 1.165) is 0 Å². The average molecular weight is 537 g/mol. The summed E-state index contributed by atoms with van der Waals surface area (Å²) in [5.41, 5.74) is 5.14. The molecule has 190 valence electrons. The average Bonchev–Trinajstić information content (AvgIpc) is 3.39. The fourth-order valence-corrected chi connectivity index (χ4v) is 7.83. The van der Waals surface area contributed by atoms with E-state index in [1.165, 1.54) is 85.5 Å². The van der Waals surface area contributed by atoms with Gasteiger partial charge in [-0.05, 0) is 95.7 Å². The maximum atomic E-state index is 2.46. The molecule has 0 spiro atoms. The fourth-order valence-electron chi connectivity index (χ4n) is 6.71. The predicted molar refractivity (Wildman–Crippen MR) is 180 cm³/mol. The van der Waals surface area contributed by atoms with Gasteiger partial charge in [0, 0.05) is 20.2 Å². The molecule has 0 aliphatic rings. The Morgan fingerprint density at radius 1 is 0.293 bits per heavy atom. The zero-order chi connectivity index (χ0) is 26.9. The molecule has 0 amide bonds. The van der Waals surface area contributed by atoms with E-state index in [1.54, 1.807) is 0 Å². The highest BCUT2D eigenvalue weighted by Crippen LogP contribution is 2.47. The molecule has 9 aromatic rings. The van der Waals surface area contributed by atoms with Crippen LogP contribution in [0.1, 0.15) is 0 Å². The summed E-state index contributed by atoms with van der Waals surface area (Å²) in [4.78, 5) is 0. The van der Waals surface area contributed by atoms with Crippen LogP contribution < -0.4 is 0 Å². The van der Waals surface area contributed by atoms with Crippen molar-refractivity contribution < 1.29 is 0 Å². The van der Waals surface area contributed by atoms with Crippen LogP contribution in [0.2, 0.25) is 0 Å². The van der Waals surface area contributed by atoms with E-state index in [4.69, 9.17) is 0 Å². The molecule has 1 aromatic heterocycles. The number of fused-ring (bicyclic) bond motifs is 7. The van der Waals surface area contributed by atoms with Crippen molar-refractivity contribution in [1.29, 1.82) is 0 Å². The summed E-state index contributed by atoms with van der Waals surface area (Å²) < 4.78 is 2.67. The SMILES string of the molecule is c1ccc2cc(-c3c4ccccc4c(-c4ccc5ccccc5c4)c4cc5c(cc34)sc3ccccc35)ccc2c1. The highest BCUT2D eigenvalue weighted by molar-refractivity contribution is 7.25. The van der Waals surface area contributed by atoms with Crippen molar-refractivity contribution in [2.75, 3.05) is 0 Å². The van der Waals surface area contributed by atoms with Crippen LogP contribution >= 0.6 is 11.3 Å². The van der Waals surface area contributed by atoms with E-state index in [9.17, 15) is 0 Å². The van der Waals surface area contributed by atoms with Gasteiger partial charge in [0.15, 0.2) is 0 Å². The molecule has 0 aliphatic heterocycles. The lowest BCUT2D eigenvalue weighted by molar-refractivity contribution is 1.69. The van der Waals surface area contributed by atoms with E-state index in [0.29, 0.717) is 0 Å². The first-order valence-corrected chi connectivity index (χ1v) is 14.9. The number of rotatable bonds is 2. The minimum absolute atomic E-state index is 1.26. The summed E-state index contributed by atoms with van der Waals surface area (Å²) in [6.45, 7) is 0. The van der Waals surface area contributed by atoms with Crippen molar-refractivity contribution in [3.8, 4) is 22.3 Å². The molecule has 1 heteroatoms. The Morgan fingerprint density at radius 2 is 0.780 bits per heavy atom. The Balaban J connectivity index is 1.49. The van der Waals surface area contributed by atoms with Gasteiger partial charge in [0.05, 0.1) is 0 Å². The Kier molecular flexibility index (Phi) is 4.87. The number of thiophene rings is 1. The molecule has 41 heavy (non-hydrogen) atoms. The van der Waals surface area contributed by atoms with Gasteiger partial charge in [-0.1, -0.05) is 115 Å². The molecule has 0 aliphatic carbocycles. The van der Waals surface area contributed by atoms with Crippen molar-refractivity contribution in [2.24, 2.45) is 0 Å². The minimum atomic E-state index is 1.26. The molecule has 0 fully saturated rings. The van der Waals surface area contributed by atoms with Crippen molar-refractivity contribution >= 4 is 74.6 Å². The molecule has 9 rings (SSSR count). The van der Waals surface area contributed by atoms with Crippen LogP contribution in [0.5, 0.6) is 0 Å². The fraction of sp³-hybridized carbons (Fsp3) is 0. The van der Waals surface area contributed by atoms with E-state index in [-0.39, 0.29) is 0 Å². The summed E-state index contributed by atoms with van der Waals surface area (Å²) >= 11 is 1.89. The third-order valence-corrected chi connectivity index (χ3v) is 9.73. The second kappa shape index (κ2) is 8.76. The molecule has 0 saturated heterocycles. The van der Waals surface area contributed by atoms with E-state index in [1.807, 2.05) is 11.3 Å². The summed E-state index contributed by atoms with van der Waals surface area (Å²) in [7, 11) is 0. The molecule has 0 nitrogen and oxygen atoms in total. The van der Waals surface area contributed by atoms with E-state index in [2.05, 4.69) is 146 Å². The van der Waals surface area contributed by atoms with Gasteiger partial charge >= 0.3 is 0 Å². The number of benzene rings is 8. The van der Waals surface area contributed by atoms with Crippen molar-refractivity contribution in [3.05, 3.63) is 146 Å². The Morgan fingerprint density at radius 3 is 1.39 bits per heavy atom. The van der Waals surface area contributed by atoms with E-state index >= 15 is 0 Å². The van der Waals surface area contributed by atoms with Gasteiger partial charge in [-0.2, -0.15) is 0 Å². The summed E-state index contributed by atoms with van der Waals surface area (Å²) in [6.07, 6.45) is 0. The quantitative estimate of drug-likeness (QED) is 0.193. The summed E-state index contributed by atoms with van der Waals surface area (Å²) in [6, 6.07) is 53.9. The zero-order valence-electron chi connectivity index (χ0n) is 22.3. The van der Waals surface area contributed by atoms with Gasteiger partial charge in [-0.15, -0.1) is 11.3 Å². The lowest BCUT2D eigenvalue weighted by atomic mass is 9.84. The second-order valence-corrected chi connectivity index (χ2v) is 12.0. The van der Waals surface area contributed by atoms with Gasteiger partial charge in [0.1, 0.15) is 0 Å². The molecular weight excluding hydrogens is 513 g/mol. The van der Waals surface area contributed by atoms with Crippen LogP contribution in [0.3, 0.4) is 0 Å². The van der Waals surface area contributed by atoms with Gasteiger partial charge in [-0.3, -0.25) is 0 Å². The van der Waals surface area contributed by atoms with Gasteiger partial charge in [0.2, 0.25) is 0 Å². The first kappa shape index (κ1) is 22.8. The lowest BCUT2D eigenvalue weighted by Crippen LogP contribution is -1.91. The monoisotopic (exact) mass is 536 g/mol. The minimum Gasteiger partial charge on any atom is -0.135 e. The Hall–Kier alpha value is -4.98. The first-order chi connectivity index (χ1) is 20.3. The molecule has 0 bridgehead atoms. The van der Waals surface area contributed by atoms with Gasteiger partial charge < -0.3 is 0 Å². The standard InChI is InChI=1S/C40H24S/c1-3-11-27-21-29(19-17-25(27)9-1)39-32-14-5-6-15-33(32)40(30-20-18-26-10-2-4-12-28(26)22-30)36-24-38-34(23-35(36)39)31-13-7-8-16-37(31)41-38/h1-24H. The van der Waals surface area contributed by atoms with E-state index < -0.39 is 0 Å². The largest absolute Gasteiger partial charge is 0.135 e.